The second kappa shape index (κ2) is 6.60. The Morgan fingerprint density at radius 2 is 2.12 bits per heavy atom. The number of aromatic nitrogens is 4. The molecule has 3 aromatic heterocycles. The van der Waals surface area contributed by atoms with Crippen molar-refractivity contribution in [1.29, 1.82) is 0 Å². The van der Waals surface area contributed by atoms with Crippen molar-refractivity contribution in [3.05, 3.63) is 78.6 Å². The van der Waals surface area contributed by atoms with Crippen LogP contribution in [0.5, 0.6) is 0 Å². The molecule has 0 unspecified atom stereocenters. The highest BCUT2D eigenvalue weighted by Crippen LogP contribution is 2.17. The normalized spacial score (nSPS) is 10.9. The number of hydrogen-bond donors (Lipinski definition) is 2. The number of aromatic amines is 1. The molecule has 0 atom stereocenters. The van der Waals surface area contributed by atoms with E-state index >= 15 is 0 Å². The molecular weight excluding hydrogens is 314 g/mol. The topological polar surface area (TPSA) is 75.6 Å². The number of nitrogens with zero attached hydrogens (tertiary/aromatic N) is 3. The maximum absolute atomic E-state index is 12.4. The van der Waals surface area contributed by atoms with Crippen LogP contribution < -0.4 is 5.32 Å². The summed E-state index contributed by atoms with van der Waals surface area (Å²) in [6, 6.07) is 11.6. The highest BCUT2D eigenvalue weighted by atomic mass is 16.1. The summed E-state index contributed by atoms with van der Waals surface area (Å²) in [4.78, 5) is 23.9. The minimum Gasteiger partial charge on any atom is -0.361 e. The summed E-state index contributed by atoms with van der Waals surface area (Å²) in [6.07, 6.45) is 9.53. The third-order valence-corrected chi connectivity index (χ3v) is 4.13. The number of nitrogens with one attached hydrogen (secondary N) is 2. The molecule has 0 radical (unpaired) electrons. The molecule has 0 saturated carbocycles. The van der Waals surface area contributed by atoms with Crippen LogP contribution in [0.1, 0.15) is 15.9 Å². The van der Waals surface area contributed by atoms with Gasteiger partial charge in [-0.3, -0.25) is 9.36 Å². The number of imidazole rings is 1. The highest BCUT2D eigenvalue weighted by Gasteiger charge is 2.08. The van der Waals surface area contributed by atoms with Crippen LogP contribution >= 0.6 is 0 Å². The van der Waals surface area contributed by atoms with Gasteiger partial charge in [-0.1, -0.05) is 18.2 Å². The van der Waals surface area contributed by atoms with Gasteiger partial charge in [0.25, 0.3) is 5.91 Å². The second-order valence-corrected chi connectivity index (χ2v) is 5.74. The minimum absolute atomic E-state index is 0.108. The predicted octanol–water partition coefficient (Wildman–Crippen LogP) is 2.72. The van der Waals surface area contributed by atoms with E-state index in [1.54, 1.807) is 41.6 Å². The summed E-state index contributed by atoms with van der Waals surface area (Å²) in [7, 11) is 0. The third kappa shape index (κ3) is 3.14. The van der Waals surface area contributed by atoms with Gasteiger partial charge in [0.1, 0.15) is 12.1 Å². The quantitative estimate of drug-likeness (QED) is 0.590. The van der Waals surface area contributed by atoms with Crippen molar-refractivity contribution in [3.63, 3.8) is 0 Å². The Bertz CT molecular complexity index is 1000. The summed E-state index contributed by atoms with van der Waals surface area (Å²) in [5, 5.41) is 4.17. The van der Waals surface area contributed by atoms with Crippen molar-refractivity contribution < 1.29 is 4.79 Å². The minimum atomic E-state index is -0.108. The largest absolute Gasteiger partial charge is 0.361 e. The number of amides is 1. The standard InChI is InChI=1S/C19H17N5O/c25-19(14-5-7-21-18(11-14)24-10-9-20-13-24)22-8-6-15-12-23-17-4-2-1-3-16(15)17/h1-5,7,9-13,23H,6,8H2,(H,22,25). The van der Waals surface area contributed by atoms with Crippen LogP contribution in [0.3, 0.4) is 0 Å². The number of carbonyl (C=O) groups is 1. The molecule has 0 spiro atoms. The molecule has 0 fully saturated rings. The highest BCUT2D eigenvalue weighted by molar-refractivity contribution is 5.94. The van der Waals surface area contributed by atoms with E-state index in [0.717, 1.165) is 11.9 Å². The lowest BCUT2D eigenvalue weighted by Crippen LogP contribution is -2.25. The van der Waals surface area contributed by atoms with Gasteiger partial charge in [0.2, 0.25) is 0 Å². The van der Waals surface area contributed by atoms with Crippen LogP contribution in [0, 0.1) is 0 Å². The van der Waals surface area contributed by atoms with Gasteiger partial charge in [0.15, 0.2) is 0 Å². The first-order chi connectivity index (χ1) is 12.3. The van der Waals surface area contributed by atoms with E-state index in [0.29, 0.717) is 17.9 Å². The molecule has 1 aromatic carbocycles. The van der Waals surface area contributed by atoms with Gasteiger partial charge in [0, 0.05) is 47.8 Å². The van der Waals surface area contributed by atoms with Crippen LogP contribution in [0.25, 0.3) is 16.7 Å². The Balaban J connectivity index is 1.42. The SMILES string of the molecule is O=C(NCCc1c[nH]c2ccccc12)c1ccnc(-n2ccnc2)c1. The number of H-pyrrole nitrogens is 1. The molecule has 0 aliphatic carbocycles. The third-order valence-electron chi connectivity index (χ3n) is 4.13. The van der Waals surface area contributed by atoms with Crippen LogP contribution in [0.4, 0.5) is 0 Å². The lowest BCUT2D eigenvalue weighted by molar-refractivity contribution is 0.0954. The predicted molar refractivity (Wildman–Crippen MR) is 95.7 cm³/mol. The van der Waals surface area contributed by atoms with Gasteiger partial charge in [-0.15, -0.1) is 0 Å². The fourth-order valence-corrected chi connectivity index (χ4v) is 2.85. The second-order valence-electron chi connectivity index (χ2n) is 5.74. The zero-order valence-corrected chi connectivity index (χ0v) is 13.5. The molecule has 4 rings (SSSR count). The van der Waals surface area contributed by atoms with Crippen molar-refractivity contribution >= 4 is 16.8 Å². The molecule has 0 aliphatic heterocycles. The lowest BCUT2D eigenvalue weighted by atomic mass is 10.1. The maximum atomic E-state index is 12.4. The lowest BCUT2D eigenvalue weighted by Gasteiger charge is -2.07. The fourth-order valence-electron chi connectivity index (χ4n) is 2.85. The van der Waals surface area contributed by atoms with Crippen molar-refractivity contribution in [1.82, 2.24) is 24.8 Å². The van der Waals surface area contributed by atoms with Gasteiger partial charge in [-0.2, -0.15) is 0 Å². The average Bonchev–Trinajstić information content (AvgIpc) is 3.32. The number of hydrogen-bond acceptors (Lipinski definition) is 3. The fraction of sp³-hybridized carbons (Fsp3) is 0.105. The van der Waals surface area contributed by atoms with E-state index in [1.807, 2.05) is 24.4 Å². The Kier molecular flexibility index (Phi) is 4.00. The van der Waals surface area contributed by atoms with E-state index in [9.17, 15) is 4.79 Å². The molecule has 1 amide bonds. The summed E-state index contributed by atoms with van der Waals surface area (Å²) < 4.78 is 1.77. The zero-order valence-electron chi connectivity index (χ0n) is 13.5. The monoisotopic (exact) mass is 331 g/mol. The van der Waals surface area contributed by atoms with E-state index in [-0.39, 0.29) is 5.91 Å². The molecule has 0 bridgehead atoms. The first kappa shape index (κ1) is 15.1. The van der Waals surface area contributed by atoms with E-state index in [4.69, 9.17) is 0 Å². The zero-order chi connectivity index (χ0) is 17.1. The summed E-state index contributed by atoms with van der Waals surface area (Å²) >= 11 is 0. The molecule has 0 aliphatic rings. The van der Waals surface area contributed by atoms with Gasteiger partial charge < -0.3 is 10.3 Å². The van der Waals surface area contributed by atoms with Crippen molar-refractivity contribution in [2.75, 3.05) is 6.54 Å². The Morgan fingerprint density at radius 3 is 3.00 bits per heavy atom. The number of para-hydroxylation sites is 1. The average molecular weight is 331 g/mol. The van der Waals surface area contributed by atoms with Gasteiger partial charge >= 0.3 is 0 Å². The van der Waals surface area contributed by atoms with E-state index < -0.39 is 0 Å². The van der Waals surface area contributed by atoms with Gasteiger partial charge in [-0.25, -0.2) is 9.97 Å². The number of fused-ring (bicyclic) bond motifs is 1. The van der Waals surface area contributed by atoms with Crippen molar-refractivity contribution in [2.24, 2.45) is 0 Å². The first-order valence-corrected chi connectivity index (χ1v) is 8.09. The molecule has 25 heavy (non-hydrogen) atoms. The Hall–Kier alpha value is -3.41. The van der Waals surface area contributed by atoms with Gasteiger partial charge in [0.05, 0.1) is 0 Å². The van der Waals surface area contributed by atoms with Crippen LogP contribution in [-0.2, 0) is 6.42 Å². The van der Waals surface area contributed by atoms with E-state index in [1.165, 1.54) is 10.9 Å². The Labute approximate surface area is 144 Å². The smallest absolute Gasteiger partial charge is 0.251 e. The molecule has 2 N–H and O–H groups in total. The van der Waals surface area contributed by atoms with E-state index in [2.05, 4.69) is 26.3 Å². The molecule has 0 saturated heterocycles. The maximum Gasteiger partial charge on any atom is 0.251 e. The molecule has 6 heteroatoms. The van der Waals surface area contributed by atoms with Crippen molar-refractivity contribution in [2.45, 2.75) is 6.42 Å². The summed E-state index contributed by atoms with van der Waals surface area (Å²) in [5.74, 6) is 0.561. The van der Waals surface area contributed by atoms with Crippen LogP contribution in [0.2, 0.25) is 0 Å². The van der Waals surface area contributed by atoms with Crippen molar-refractivity contribution in [3.8, 4) is 5.82 Å². The molecule has 3 heterocycles. The Morgan fingerprint density at radius 1 is 1.20 bits per heavy atom. The number of pyridine rings is 1. The molecule has 6 nitrogen and oxygen atoms in total. The number of carbonyl (C=O) groups excluding carboxylic acids is 1. The summed E-state index contributed by atoms with van der Waals surface area (Å²) in [6.45, 7) is 0.573. The molecule has 4 aromatic rings. The van der Waals surface area contributed by atoms with Gasteiger partial charge in [-0.05, 0) is 30.2 Å². The summed E-state index contributed by atoms with van der Waals surface area (Å²) in [5.41, 5.74) is 2.89. The molecular formula is C19H17N5O. The molecule has 124 valence electrons. The van der Waals surface area contributed by atoms with Crippen LogP contribution in [-0.4, -0.2) is 32.0 Å². The first-order valence-electron chi connectivity index (χ1n) is 8.09. The van der Waals surface area contributed by atoms with Crippen LogP contribution in [0.15, 0.2) is 67.5 Å². The number of rotatable bonds is 5. The number of benzene rings is 1.